The van der Waals surface area contributed by atoms with Crippen LogP contribution in [0.5, 0.6) is 5.88 Å². The minimum absolute atomic E-state index is 0.177. The summed E-state index contributed by atoms with van der Waals surface area (Å²) in [6, 6.07) is 1.35. The van der Waals surface area contributed by atoms with Gasteiger partial charge >= 0.3 is 0 Å². The predicted molar refractivity (Wildman–Crippen MR) is 58.1 cm³/mol. The Kier molecular flexibility index (Phi) is 4.30. The summed E-state index contributed by atoms with van der Waals surface area (Å²) in [5.74, 6) is 1.19. The third-order valence-electron chi connectivity index (χ3n) is 1.88. The summed E-state index contributed by atoms with van der Waals surface area (Å²) >= 11 is 0. The molecule has 5 heteroatoms. The van der Waals surface area contributed by atoms with Crippen molar-refractivity contribution in [3.8, 4) is 5.88 Å². The van der Waals surface area contributed by atoms with Gasteiger partial charge < -0.3 is 15.5 Å². The van der Waals surface area contributed by atoms with E-state index in [1.54, 1.807) is 0 Å². The molecule has 0 aliphatic heterocycles. The van der Waals surface area contributed by atoms with Crippen molar-refractivity contribution in [2.75, 3.05) is 13.2 Å². The molecule has 3 N–H and O–H groups in total. The van der Waals surface area contributed by atoms with Crippen LogP contribution in [-0.2, 0) is 0 Å². The van der Waals surface area contributed by atoms with Crippen LogP contribution in [0.3, 0.4) is 0 Å². The third kappa shape index (κ3) is 3.71. The Balaban J connectivity index is 2.75. The van der Waals surface area contributed by atoms with Crippen LogP contribution >= 0.6 is 0 Å². The molecule has 84 valence electrons. The summed E-state index contributed by atoms with van der Waals surface area (Å²) in [4.78, 5) is 18.1. The minimum atomic E-state index is -0.184. The van der Waals surface area contributed by atoms with E-state index >= 15 is 0 Å². The Hall–Kier alpha value is -1.36. The average molecular weight is 211 g/mol. The molecule has 0 aliphatic carbocycles. The lowest BCUT2D eigenvalue weighted by atomic mass is 10.2. The van der Waals surface area contributed by atoms with Gasteiger partial charge in [0.2, 0.25) is 5.88 Å². The fraction of sp³-hybridized carbons (Fsp3) is 0.600. The second kappa shape index (κ2) is 5.50. The molecule has 0 bridgehead atoms. The fourth-order valence-corrected chi connectivity index (χ4v) is 1.06. The van der Waals surface area contributed by atoms with Gasteiger partial charge in [0, 0.05) is 5.92 Å². The van der Waals surface area contributed by atoms with E-state index in [9.17, 15) is 4.79 Å². The number of hydrogen-bond donors (Lipinski definition) is 2. The highest BCUT2D eigenvalue weighted by molar-refractivity contribution is 5.10. The Labute approximate surface area is 88.7 Å². The molecule has 0 fully saturated rings. The van der Waals surface area contributed by atoms with Crippen LogP contribution in [0.2, 0.25) is 0 Å². The van der Waals surface area contributed by atoms with E-state index in [2.05, 4.69) is 9.97 Å². The molecule has 0 saturated heterocycles. The molecule has 1 heterocycles. The zero-order chi connectivity index (χ0) is 11.3. The molecule has 0 saturated carbocycles. The molecule has 0 amide bonds. The highest BCUT2D eigenvalue weighted by atomic mass is 16.5. The summed E-state index contributed by atoms with van der Waals surface area (Å²) in [6.45, 7) is 4.98. The Morgan fingerprint density at radius 2 is 2.33 bits per heavy atom. The highest BCUT2D eigenvalue weighted by Crippen LogP contribution is 2.10. The Bertz CT molecular complexity index is 360. The molecule has 0 aliphatic rings. The molecule has 0 aromatic carbocycles. The van der Waals surface area contributed by atoms with E-state index in [1.165, 1.54) is 6.07 Å². The van der Waals surface area contributed by atoms with Gasteiger partial charge in [-0.2, -0.15) is 4.98 Å². The van der Waals surface area contributed by atoms with Crippen molar-refractivity contribution < 1.29 is 4.74 Å². The van der Waals surface area contributed by atoms with Crippen molar-refractivity contribution in [2.45, 2.75) is 26.2 Å². The van der Waals surface area contributed by atoms with Gasteiger partial charge in [0.05, 0.1) is 12.7 Å². The van der Waals surface area contributed by atoms with E-state index in [0.717, 1.165) is 6.42 Å². The van der Waals surface area contributed by atoms with Crippen molar-refractivity contribution in [1.82, 2.24) is 9.97 Å². The maximum atomic E-state index is 11.2. The van der Waals surface area contributed by atoms with Crippen molar-refractivity contribution in [1.29, 1.82) is 0 Å². The van der Waals surface area contributed by atoms with Crippen molar-refractivity contribution in [3.05, 3.63) is 22.2 Å². The number of nitrogens with one attached hydrogen (secondary N) is 1. The molecule has 15 heavy (non-hydrogen) atoms. The SMILES string of the molecule is CC(C)c1nc(OCCCN)cc(=O)[nH]1. The first-order valence-corrected chi connectivity index (χ1v) is 5.07. The Morgan fingerprint density at radius 1 is 1.60 bits per heavy atom. The number of aromatic nitrogens is 2. The first kappa shape index (κ1) is 11.7. The minimum Gasteiger partial charge on any atom is -0.477 e. The number of ether oxygens (including phenoxy) is 1. The van der Waals surface area contributed by atoms with Crippen LogP contribution in [0, 0.1) is 0 Å². The van der Waals surface area contributed by atoms with Crippen LogP contribution in [0.1, 0.15) is 32.0 Å². The number of hydrogen-bond acceptors (Lipinski definition) is 4. The number of H-pyrrole nitrogens is 1. The largest absolute Gasteiger partial charge is 0.477 e. The fourth-order valence-electron chi connectivity index (χ4n) is 1.06. The van der Waals surface area contributed by atoms with Gasteiger partial charge in [0.15, 0.2) is 0 Å². The quantitative estimate of drug-likeness (QED) is 0.700. The molecular weight excluding hydrogens is 194 g/mol. The van der Waals surface area contributed by atoms with E-state index in [1.807, 2.05) is 13.8 Å². The average Bonchev–Trinajstić information content (AvgIpc) is 2.17. The lowest BCUT2D eigenvalue weighted by Gasteiger charge is -2.07. The molecular formula is C10H17N3O2. The predicted octanol–water partition coefficient (Wildman–Crippen LogP) is 0.621. The molecule has 0 spiro atoms. The zero-order valence-corrected chi connectivity index (χ0v) is 9.12. The maximum Gasteiger partial charge on any atom is 0.254 e. The van der Waals surface area contributed by atoms with Crippen LogP contribution in [0.4, 0.5) is 0 Å². The topological polar surface area (TPSA) is 81.0 Å². The summed E-state index contributed by atoms with van der Waals surface area (Å²) in [7, 11) is 0. The van der Waals surface area contributed by atoms with E-state index in [0.29, 0.717) is 24.9 Å². The summed E-state index contributed by atoms with van der Waals surface area (Å²) < 4.78 is 5.31. The highest BCUT2D eigenvalue weighted by Gasteiger charge is 2.05. The van der Waals surface area contributed by atoms with E-state index < -0.39 is 0 Å². The zero-order valence-electron chi connectivity index (χ0n) is 9.12. The van der Waals surface area contributed by atoms with Crippen molar-refractivity contribution in [3.63, 3.8) is 0 Å². The normalized spacial score (nSPS) is 10.7. The van der Waals surface area contributed by atoms with Gasteiger partial charge in [-0.25, -0.2) is 0 Å². The molecule has 5 nitrogen and oxygen atoms in total. The molecule has 1 rings (SSSR count). The molecule has 0 atom stereocenters. The van der Waals surface area contributed by atoms with Crippen LogP contribution in [0.15, 0.2) is 10.9 Å². The molecule has 0 radical (unpaired) electrons. The van der Waals surface area contributed by atoms with Gasteiger partial charge in [-0.1, -0.05) is 13.8 Å². The summed E-state index contributed by atoms with van der Waals surface area (Å²) in [5.41, 5.74) is 5.15. The number of nitrogens with two attached hydrogens (primary N) is 1. The third-order valence-corrected chi connectivity index (χ3v) is 1.88. The van der Waals surface area contributed by atoms with Crippen LogP contribution in [0.25, 0.3) is 0 Å². The Morgan fingerprint density at radius 3 is 2.93 bits per heavy atom. The van der Waals surface area contributed by atoms with Crippen molar-refractivity contribution >= 4 is 0 Å². The van der Waals surface area contributed by atoms with E-state index in [4.69, 9.17) is 10.5 Å². The number of aromatic amines is 1. The van der Waals surface area contributed by atoms with Crippen LogP contribution in [-0.4, -0.2) is 23.1 Å². The lowest BCUT2D eigenvalue weighted by Crippen LogP contribution is -2.14. The first-order chi connectivity index (χ1) is 7.13. The lowest BCUT2D eigenvalue weighted by molar-refractivity contribution is 0.299. The van der Waals surface area contributed by atoms with Gasteiger partial charge in [0.25, 0.3) is 5.56 Å². The summed E-state index contributed by atoms with van der Waals surface area (Å²) in [6.07, 6.45) is 0.755. The molecule has 1 aromatic rings. The first-order valence-electron chi connectivity index (χ1n) is 5.07. The van der Waals surface area contributed by atoms with Gasteiger partial charge in [-0.3, -0.25) is 4.79 Å². The van der Waals surface area contributed by atoms with Gasteiger partial charge in [-0.15, -0.1) is 0 Å². The van der Waals surface area contributed by atoms with Gasteiger partial charge in [-0.05, 0) is 13.0 Å². The number of rotatable bonds is 5. The standard InChI is InChI=1S/C10H17N3O2/c1-7(2)10-12-8(14)6-9(13-10)15-5-3-4-11/h6-7H,3-5,11H2,1-2H3,(H,12,13,14). The van der Waals surface area contributed by atoms with Gasteiger partial charge in [0.1, 0.15) is 5.82 Å². The number of nitrogens with zero attached hydrogens (tertiary/aromatic N) is 1. The second-order valence-electron chi connectivity index (χ2n) is 3.61. The summed E-state index contributed by atoms with van der Waals surface area (Å²) in [5, 5.41) is 0. The van der Waals surface area contributed by atoms with E-state index in [-0.39, 0.29) is 11.5 Å². The smallest absolute Gasteiger partial charge is 0.254 e. The van der Waals surface area contributed by atoms with Crippen LogP contribution < -0.4 is 16.0 Å². The van der Waals surface area contributed by atoms with Crippen molar-refractivity contribution in [2.24, 2.45) is 5.73 Å². The molecule has 1 aromatic heterocycles. The molecule has 0 unspecified atom stereocenters. The monoisotopic (exact) mass is 211 g/mol. The second-order valence-corrected chi connectivity index (χ2v) is 3.61. The maximum absolute atomic E-state index is 11.2.